The van der Waals surface area contributed by atoms with Gasteiger partial charge in [0.15, 0.2) is 6.79 Å². The second kappa shape index (κ2) is 13.4. The SMILES string of the molecule is C/C=C/COc1cc(C)c(OCOCc2ccc(COCC=NOC)cc2)c(C)c1. The Morgan fingerprint density at radius 3 is 2.10 bits per heavy atom. The van der Waals surface area contributed by atoms with Crippen molar-refractivity contribution in [1.29, 1.82) is 0 Å². The van der Waals surface area contributed by atoms with E-state index in [-0.39, 0.29) is 6.79 Å². The Labute approximate surface area is 179 Å². The van der Waals surface area contributed by atoms with Crippen molar-refractivity contribution in [3.05, 3.63) is 70.8 Å². The molecule has 0 fully saturated rings. The Bertz CT molecular complexity index is 792. The van der Waals surface area contributed by atoms with Gasteiger partial charge in [-0.15, -0.1) is 0 Å². The van der Waals surface area contributed by atoms with Gasteiger partial charge in [0, 0.05) is 0 Å². The molecule has 0 amide bonds. The Hall–Kier alpha value is -2.83. The van der Waals surface area contributed by atoms with Crippen molar-refractivity contribution in [1.82, 2.24) is 0 Å². The zero-order chi connectivity index (χ0) is 21.6. The molecule has 0 saturated heterocycles. The van der Waals surface area contributed by atoms with Gasteiger partial charge in [0.05, 0.1) is 26.0 Å². The van der Waals surface area contributed by atoms with Crippen LogP contribution in [-0.2, 0) is 27.5 Å². The van der Waals surface area contributed by atoms with Gasteiger partial charge < -0.3 is 23.8 Å². The zero-order valence-electron chi connectivity index (χ0n) is 18.2. The third kappa shape index (κ3) is 8.27. The molecule has 2 aromatic carbocycles. The summed E-state index contributed by atoms with van der Waals surface area (Å²) in [6, 6.07) is 12.0. The van der Waals surface area contributed by atoms with E-state index >= 15 is 0 Å². The van der Waals surface area contributed by atoms with Gasteiger partial charge in [-0.25, -0.2) is 0 Å². The lowest BCUT2D eigenvalue weighted by Gasteiger charge is -2.14. The topological polar surface area (TPSA) is 58.5 Å². The van der Waals surface area contributed by atoms with Gasteiger partial charge in [-0.2, -0.15) is 0 Å². The van der Waals surface area contributed by atoms with Crippen LogP contribution in [0.2, 0.25) is 0 Å². The van der Waals surface area contributed by atoms with Crippen LogP contribution in [0.15, 0.2) is 53.7 Å². The van der Waals surface area contributed by atoms with Crippen LogP contribution in [0.1, 0.15) is 29.2 Å². The number of aryl methyl sites for hydroxylation is 2. The van der Waals surface area contributed by atoms with Crippen LogP contribution in [-0.4, -0.2) is 33.3 Å². The molecule has 0 spiro atoms. The van der Waals surface area contributed by atoms with Gasteiger partial charge in [-0.1, -0.05) is 41.6 Å². The van der Waals surface area contributed by atoms with E-state index in [0.717, 1.165) is 33.8 Å². The summed E-state index contributed by atoms with van der Waals surface area (Å²) in [6.07, 6.45) is 5.52. The van der Waals surface area contributed by atoms with Crippen molar-refractivity contribution in [2.24, 2.45) is 5.16 Å². The highest BCUT2D eigenvalue weighted by molar-refractivity contribution is 5.57. The largest absolute Gasteiger partial charge is 0.490 e. The Kier molecular flexibility index (Phi) is 10.5. The molecule has 0 radical (unpaired) electrons. The molecule has 0 atom stereocenters. The van der Waals surface area contributed by atoms with E-state index < -0.39 is 0 Å². The minimum Gasteiger partial charge on any atom is -0.490 e. The lowest BCUT2D eigenvalue weighted by Crippen LogP contribution is -2.06. The number of rotatable bonds is 13. The third-order valence-corrected chi connectivity index (χ3v) is 4.24. The molecule has 2 rings (SSSR count). The molecule has 162 valence electrons. The number of benzene rings is 2. The summed E-state index contributed by atoms with van der Waals surface area (Å²) in [5.41, 5.74) is 4.20. The highest BCUT2D eigenvalue weighted by atomic mass is 16.7. The smallest absolute Gasteiger partial charge is 0.189 e. The highest BCUT2D eigenvalue weighted by Gasteiger charge is 2.07. The molecule has 0 aliphatic heterocycles. The summed E-state index contributed by atoms with van der Waals surface area (Å²) in [4.78, 5) is 4.58. The molecule has 2 aromatic rings. The van der Waals surface area contributed by atoms with Crippen LogP contribution in [0.5, 0.6) is 11.5 Å². The van der Waals surface area contributed by atoms with Crippen molar-refractivity contribution >= 4 is 6.21 Å². The van der Waals surface area contributed by atoms with Crippen molar-refractivity contribution in [2.45, 2.75) is 34.0 Å². The van der Waals surface area contributed by atoms with Gasteiger partial charge in [0.2, 0.25) is 0 Å². The van der Waals surface area contributed by atoms with E-state index in [1.165, 1.54) is 7.11 Å². The fourth-order valence-corrected chi connectivity index (χ4v) is 2.79. The van der Waals surface area contributed by atoms with Crippen molar-refractivity contribution in [3.8, 4) is 11.5 Å². The van der Waals surface area contributed by atoms with Crippen LogP contribution < -0.4 is 9.47 Å². The second-order valence-corrected chi connectivity index (χ2v) is 6.68. The molecule has 0 saturated carbocycles. The van der Waals surface area contributed by atoms with Gasteiger partial charge in [0.25, 0.3) is 0 Å². The van der Waals surface area contributed by atoms with Crippen LogP contribution in [0.25, 0.3) is 0 Å². The van der Waals surface area contributed by atoms with E-state index in [1.54, 1.807) is 6.21 Å². The first-order chi connectivity index (χ1) is 14.6. The van der Waals surface area contributed by atoms with Crippen molar-refractivity contribution in [2.75, 3.05) is 27.1 Å². The lowest BCUT2D eigenvalue weighted by molar-refractivity contribution is 0.00426. The minimum absolute atomic E-state index is 0.185. The van der Waals surface area contributed by atoms with Gasteiger partial charge in [-0.05, 0) is 55.2 Å². The molecule has 0 bridgehead atoms. The molecule has 6 nitrogen and oxygen atoms in total. The minimum atomic E-state index is 0.185. The fraction of sp³-hybridized carbons (Fsp3) is 0.375. The second-order valence-electron chi connectivity index (χ2n) is 6.68. The molecular weight excluding hydrogens is 382 g/mol. The highest BCUT2D eigenvalue weighted by Crippen LogP contribution is 2.28. The number of oxime groups is 1. The lowest BCUT2D eigenvalue weighted by atomic mass is 10.1. The van der Waals surface area contributed by atoms with E-state index in [2.05, 4.69) is 9.99 Å². The molecular formula is C24H31NO5. The molecule has 0 aromatic heterocycles. The Balaban J connectivity index is 1.74. The summed E-state index contributed by atoms with van der Waals surface area (Å²) < 4.78 is 22.7. The molecule has 0 N–H and O–H groups in total. The van der Waals surface area contributed by atoms with Crippen LogP contribution in [0.4, 0.5) is 0 Å². The zero-order valence-corrected chi connectivity index (χ0v) is 18.2. The van der Waals surface area contributed by atoms with Crippen molar-refractivity contribution < 1.29 is 23.8 Å². The average molecular weight is 414 g/mol. The summed E-state index contributed by atoms with van der Waals surface area (Å²) in [7, 11) is 1.50. The predicted octanol–water partition coefficient (Wildman–Crippen LogP) is 4.96. The summed E-state index contributed by atoms with van der Waals surface area (Å²) >= 11 is 0. The van der Waals surface area contributed by atoms with Crippen LogP contribution in [0, 0.1) is 13.8 Å². The number of allylic oxidation sites excluding steroid dienone is 1. The maximum absolute atomic E-state index is 5.84. The van der Waals surface area contributed by atoms with Crippen molar-refractivity contribution in [3.63, 3.8) is 0 Å². The van der Waals surface area contributed by atoms with Crippen LogP contribution in [0.3, 0.4) is 0 Å². The monoisotopic (exact) mass is 413 g/mol. The summed E-state index contributed by atoms with van der Waals surface area (Å²) in [5.74, 6) is 1.67. The van der Waals surface area contributed by atoms with Crippen LogP contribution >= 0.6 is 0 Å². The number of hydrogen-bond donors (Lipinski definition) is 0. The standard InChI is InChI=1S/C24H31NO5/c1-5-6-12-29-23-14-19(2)24(20(3)15-23)30-18-28-17-22-9-7-21(8-10-22)16-27-13-11-25-26-4/h5-11,14-15H,12-13,16-18H2,1-4H3/b6-5+,25-11?. The van der Waals surface area contributed by atoms with E-state index in [0.29, 0.717) is 26.4 Å². The molecule has 0 unspecified atom stereocenters. The van der Waals surface area contributed by atoms with E-state index in [1.807, 2.05) is 69.3 Å². The van der Waals surface area contributed by atoms with Gasteiger partial charge >= 0.3 is 0 Å². The molecule has 30 heavy (non-hydrogen) atoms. The normalized spacial score (nSPS) is 11.3. The first-order valence-electron chi connectivity index (χ1n) is 9.90. The molecule has 0 heterocycles. The number of ether oxygens (including phenoxy) is 4. The molecule has 0 aliphatic rings. The number of nitrogens with zero attached hydrogens (tertiary/aromatic N) is 1. The van der Waals surface area contributed by atoms with Gasteiger partial charge in [-0.3, -0.25) is 0 Å². The first kappa shape index (κ1) is 23.4. The average Bonchev–Trinajstić information content (AvgIpc) is 2.74. The molecule has 6 heteroatoms. The maximum Gasteiger partial charge on any atom is 0.189 e. The Morgan fingerprint density at radius 1 is 0.867 bits per heavy atom. The van der Waals surface area contributed by atoms with Gasteiger partial charge in [0.1, 0.15) is 25.2 Å². The quantitative estimate of drug-likeness (QED) is 0.153. The third-order valence-electron chi connectivity index (χ3n) is 4.24. The summed E-state index contributed by atoms with van der Waals surface area (Å²) in [5, 5.41) is 3.62. The first-order valence-corrected chi connectivity index (χ1v) is 9.90. The Morgan fingerprint density at radius 2 is 1.50 bits per heavy atom. The fourth-order valence-electron chi connectivity index (χ4n) is 2.79. The predicted molar refractivity (Wildman–Crippen MR) is 118 cm³/mol. The maximum atomic E-state index is 5.84. The molecule has 0 aliphatic carbocycles. The van der Waals surface area contributed by atoms with E-state index in [4.69, 9.17) is 18.9 Å². The van der Waals surface area contributed by atoms with E-state index in [9.17, 15) is 0 Å². The summed E-state index contributed by atoms with van der Waals surface area (Å²) in [6.45, 7) is 8.14. The number of hydrogen-bond acceptors (Lipinski definition) is 6.